The molecule has 46 heavy (non-hydrogen) atoms. The molecule has 0 aromatic heterocycles. The van der Waals surface area contributed by atoms with Gasteiger partial charge in [-0.25, -0.2) is 4.39 Å². The lowest BCUT2D eigenvalue weighted by atomic mass is 9.74. The molecular weight excluding hydrogens is 615 g/mol. The minimum Gasteiger partial charge on any atom is -0.341 e. The van der Waals surface area contributed by atoms with Crippen molar-refractivity contribution in [3.8, 4) is 0 Å². The molecule has 2 amide bonds. The summed E-state index contributed by atoms with van der Waals surface area (Å²) >= 11 is 0. The second kappa shape index (κ2) is 12.7. The fourth-order valence-electron chi connectivity index (χ4n) is 6.69. The minimum atomic E-state index is -5.08. The first-order chi connectivity index (χ1) is 21.6. The zero-order valence-corrected chi connectivity index (χ0v) is 25.4. The summed E-state index contributed by atoms with van der Waals surface area (Å²) < 4.78 is 94.3. The summed E-state index contributed by atoms with van der Waals surface area (Å²) in [5.74, 6) is -1.84. The SMILES string of the molecule is CC(=O)N1CC2(CCN(CCC(CN(C)C(=O)c3cc(C(F)(F)F)cc(C(F)(F)F)c3)c3ccc(F)cc3)CC2)c2ccccc21. The number of likely N-dealkylation sites (tertiary alicyclic amines) is 1. The summed E-state index contributed by atoms with van der Waals surface area (Å²) in [6.45, 7) is 4.25. The number of nitrogens with zero attached hydrogens (tertiary/aromatic N) is 3. The van der Waals surface area contributed by atoms with Crippen LogP contribution in [-0.4, -0.2) is 61.4 Å². The van der Waals surface area contributed by atoms with E-state index in [1.54, 1.807) is 19.1 Å². The van der Waals surface area contributed by atoms with E-state index in [0.717, 1.165) is 42.1 Å². The van der Waals surface area contributed by atoms with Gasteiger partial charge in [0.1, 0.15) is 5.82 Å². The van der Waals surface area contributed by atoms with Crippen LogP contribution in [0.3, 0.4) is 0 Å². The van der Waals surface area contributed by atoms with Crippen molar-refractivity contribution in [1.29, 1.82) is 0 Å². The number of carbonyl (C=O) groups is 2. The number of piperidine rings is 1. The third-order valence-electron chi connectivity index (χ3n) is 9.23. The number of rotatable bonds is 7. The molecule has 1 unspecified atom stereocenters. The number of amides is 2. The van der Waals surface area contributed by atoms with Crippen LogP contribution in [0.2, 0.25) is 0 Å². The summed E-state index contributed by atoms with van der Waals surface area (Å²) in [5, 5.41) is 0. The molecule has 3 aromatic rings. The van der Waals surface area contributed by atoms with Gasteiger partial charge in [0.2, 0.25) is 5.91 Å². The molecule has 1 saturated heterocycles. The number of hydrogen-bond donors (Lipinski definition) is 0. The Labute approximate surface area is 262 Å². The normalized spacial score (nSPS) is 17.2. The van der Waals surface area contributed by atoms with Crippen molar-refractivity contribution < 1.29 is 40.3 Å². The molecule has 0 saturated carbocycles. The van der Waals surface area contributed by atoms with Crippen molar-refractivity contribution in [3.63, 3.8) is 0 Å². The smallest absolute Gasteiger partial charge is 0.341 e. The predicted molar refractivity (Wildman–Crippen MR) is 159 cm³/mol. The van der Waals surface area contributed by atoms with E-state index < -0.39 is 40.8 Å². The van der Waals surface area contributed by atoms with Gasteiger partial charge in [0.05, 0.1) is 11.1 Å². The van der Waals surface area contributed by atoms with Crippen LogP contribution in [0.25, 0.3) is 0 Å². The first-order valence-electron chi connectivity index (χ1n) is 15.0. The molecule has 5 rings (SSSR count). The van der Waals surface area contributed by atoms with Crippen molar-refractivity contribution in [2.75, 3.05) is 44.7 Å². The van der Waals surface area contributed by atoms with Crippen LogP contribution in [-0.2, 0) is 22.6 Å². The largest absolute Gasteiger partial charge is 0.416 e. The number of halogens is 7. The summed E-state index contributed by atoms with van der Waals surface area (Å²) in [6, 6.07) is 14.5. The van der Waals surface area contributed by atoms with Crippen molar-refractivity contribution in [2.24, 2.45) is 0 Å². The maximum Gasteiger partial charge on any atom is 0.416 e. The molecule has 246 valence electrons. The molecule has 0 radical (unpaired) electrons. The van der Waals surface area contributed by atoms with Crippen LogP contribution >= 0.6 is 0 Å². The molecule has 12 heteroatoms. The first-order valence-corrected chi connectivity index (χ1v) is 15.0. The monoisotopic (exact) mass is 649 g/mol. The second-order valence-corrected chi connectivity index (χ2v) is 12.3. The van der Waals surface area contributed by atoms with Gasteiger partial charge in [0.25, 0.3) is 5.91 Å². The van der Waals surface area contributed by atoms with Gasteiger partial charge in [-0.2, -0.15) is 26.3 Å². The van der Waals surface area contributed by atoms with E-state index in [-0.39, 0.29) is 29.9 Å². The van der Waals surface area contributed by atoms with E-state index in [2.05, 4.69) is 11.0 Å². The van der Waals surface area contributed by atoms with E-state index in [1.165, 1.54) is 19.2 Å². The van der Waals surface area contributed by atoms with Gasteiger partial charge in [-0.05, 0) is 86.4 Å². The number of alkyl halides is 6. The second-order valence-electron chi connectivity index (χ2n) is 12.3. The van der Waals surface area contributed by atoms with Crippen molar-refractivity contribution in [3.05, 3.63) is 100 Å². The molecule has 1 spiro atoms. The Bertz CT molecular complexity index is 1550. The zero-order valence-electron chi connectivity index (χ0n) is 25.4. The fourth-order valence-corrected chi connectivity index (χ4v) is 6.69. The van der Waals surface area contributed by atoms with E-state index in [9.17, 15) is 40.3 Å². The number of hydrogen-bond acceptors (Lipinski definition) is 3. The quantitative estimate of drug-likeness (QED) is 0.249. The highest BCUT2D eigenvalue weighted by atomic mass is 19.4. The van der Waals surface area contributed by atoms with Crippen LogP contribution in [0.4, 0.5) is 36.4 Å². The molecule has 1 atom stereocenters. The maximum absolute atomic E-state index is 13.8. The van der Waals surface area contributed by atoms with E-state index in [1.807, 2.05) is 23.1 Å². The topological polar surface area (TPSA) is 43.9 Å². The maximum atomic E-state index is 13.8. The van der Waals surface area contributed by atoms with Gasteiger partial charge in [0, 0.05) is 49.6 Å². The third-order valence-corrected chi connectivity index (χ3v) is 9.23. The molecule has 0 N–H and O–H groups in total. The lowest BCUT2D eigenvalue weighted by Gasteiger charge is -2.40. The number of fused-ring (bicyclic) bond motifs is 2. The Morgan fingerprint density at radius 1 is 0.891 bits per heavy atom. The summed E-state index contributed by atoms with van der Waals surface area (Å²) in [5.41, 5.74) is -1.20. The van der Waals surface area contributed by atoms with Gasteiger partial charge in [-0.15, -0.1) is 0 Å². The fraction of sp³-hybridized carbons (Fsp3) is 0.412. The minimum absolute atomic E-state index is 0.00711. The number of benzene rings is 3. The average Bonchev–Trinajstić information content (AvgIpc) is 3.33. The molecule has 2 aliphatic rings. The number of para-hydroxylation sites is 1. The van der Waals surface area contributed by atoms with Crippen LogP contribution in [0, 0.1) is 5.82 Å². The van der Waals surface area contributed by atoms with Gasteiger partial charge >= 0.3 is 12.4 Å². The summed E-state index contributed by atoms with van der Waals surface area (Å²) in [6.07, 6.45) is -8.01. The standard InChI is InChI=1S/C34H34F7N3O2/c1-22(45)44-21-32(29-5-3-4-6-30(29)44)12-15-43(16-13-32)14-11-24(23-7-9-28(35)10-8-23)20-42(2)31(46)25-17-26(33(36,37)38)19-27(18-25)34(39,40)41/h3-10,17-19,24H,11-16,20-21H2,1-2H3. The predicted octanol–water partition coefficient (Wildman–Crippen LogP) is 7.51. The zero-order chi connectivity index (χ0) is 33.4. The summed E-state index contributed by atoms with van der Waals surface area (Å²) in [4.78, 5) is 30.8. The molecule has 5 nitrogen and oxygen atoms in total. The van der Waals surface area contributed by atoms with Crippen molar-refractivity contribution in [2.45, 2.75) is 49.9 Å². The van der Waals surface area contributed by atoms with Crippen LogP contribution in [0.15, 0.2) is 66.7 Å². The van der Waals surface area contributed by atoms with E-state index in [4.69, 9.17) is 0 Å². The van der Waals surface area contributed by atoms with Gasteiger partial charge < -0.3 is 14.7 Å². The molecule has 0 bridgehead atoms. The lowest BCUT2D eigenvalue weighted by molar-refractivity contribution is -0.143. The molecule has 3 aromatic carbocycles. The molecule has 1 fully saturated rings. The van der Waals surface area contributed by atoms with Crippen molar-refractivity contribution in [1.82, 2.24) is 9.80 Å². The Hall–Kier alpha value is -3.93. The first kappa shape index (κ1) is 33.4. The Morgan fingerprint density at radius 2 is 1.48 bits per heavy atom. The Morgan fingerprint density at radius 3 is 2.04 bits per heavy atom. The highest BCUT2D eigenvalue weighted by Gasteiger charge is 2.45. The summed E-state index contributed by atoms with van der Waals surface area (Å²) in [7, 11) is 1.33. The average molecular weight is 650 g/mol. The van der Waals surface area contributed by atoms with Gasteiger partial charge in [0.15, 0.2) is 0 Å². The molecule has 2 aliphatic heterocycles. The van der Waals surface area contributed by atoms with Crippen LogP contribution in [0.5, 0.6) is 0 Å². The molecule has 2 heterocycles. The van der Waals surface area contributed by atoms with Crippen LogP contribution in [0.1, 0.15) is 64.7 Å². The van der Waals surface area contributed by atoms with E-state index in [0.29, 0.717) is 37.2 Å². The third kappa shape index (κ3) is 7.06. The highest BCUT2D eigenvalue weighted by Crippen LogP contribution is 2.47. The highest BCUT2D eigenvalue weighted by molar-refractivity contribution is 5.95. The Balaban J connectivity index is 1.30. The number of anilines is 1. The molecular formula is C34H34F7N3O2. The number of carbonyl (C=O) groups excluding carboxylic acids is 2. The van der Waals surface area contributed by atoms with Gasteiger partial charge in [-0.3, -0.25) is 9.59 Å². The van der Waals surface area contributed by atoms with Gasteiger partial charge in [-0.1, -0.05) is 30.3 Å². The molecule has 0 aliphatic carbocycles. The van der Waals surface area contributed by atoms with Crippen molar-refractivity contribution >= 4 is 17.5 Å². The van der Waals surface area contributed by atoms with E-state index >= 15 is 0 Å². The van der Waals surface area contributed by atoms with Crippen LogP contribution < -0.4 is 4.90 Å². The lowest BCUT2D eigenvalue weighted by Crippen LogP contribution is -2.46. The Kier molecular flexibility index (Phi) is 9.23. The number of likely N-dealkylation sites (N-methyl/N-ethyl adjacent to an activating group) is 1.